The number of nitrogens with zero attached hydrogens (tertiary/aromatic N) is 1. The second-order valence-corrected chi connectivity index (χ2v) is 6.00. The lowest BCUT2D eigenvalue weighted by molar-refractivity contribution is -0.137. The van der Waals surface area contributed by atoms with Gasteiger partial charge in [-0.1, -0.05) is 42.5 Å². The van der Waals surface area contributed by atoms with E-state index in [0.29, 0.717) is 6.42 Å². The van der Waals surface area contributed by atoms with Crippen LogP contribution >= 0.6 is 0 Å². The van der Waals surface area contributed by atoms with Crippen molar-refractivity contribution in [1.29, 1.82) is 5.41 Å². The zero-order chi connectivity index (χ0) is 18.2. The fraction of sp³-hybridized carbons (Fsp3) is 0.211. The third-order valence-corrected chi connectivity index (χ3v) is 4.38. The zero-order valence-corrected chi connectivity index (χ0v) is 13.5. The summed E-state index contributed by atoms with van der Waals surface area (Å²) >= 11 is 0. The van der Waals surface area contributed by atoms with Gasteiger partial charge >= 0.3 is 6.18 Å². The van der Waals surface area contributed by atoms with Crippen molar-refractivity contribution < 1.29 is 18.3 Å². The molecule has 1 aliphatic rings. The Labute approximate surface area is 143 Å². The number of nitrogens with one attached hydrogen (secondary N) is 1. The van der Waals surface area contributed by atoms with Gasteiger partial charge in [-0.3, -0.25) is 5.41 Å². The van der Waals surface area contributed by atoms with E-state index in [1.54, 1.807) is 11.9 Å². The zero-order valence-electron chi connectivity index (χ0n) is 13.5. The van der Waals surface area contributed by atoms with Crippen molar-refractivity contribution in [3.8, 4) is 0 Å². The minimum absolute atomic E-state index is 0.0118. The number of alkyl halides is 3. The van der Waals surface area contributed by atoms with Gasteiger partial charge in [-0.15, -0.1) is 0 Å². The summed E-state index contributed by atoms with van der Waals surface area (Å²) < 4.78 is 38.8. The van der Waals surface area contributed by atoms with Crippen LogP contribution in [0.2, 0.25) is 0 Å². The Bertz CT molecular complexity index is 828. The Morgan fingerprint density at radius 3 is 2.40 bits per heavy atom. The first-order chi connectivity index (χ1) is 11.8. The van der Waals surface area contributed by atoms with E-state index in [4.69, 9.17) is 5.41 Å². The van der Waals surface area contributed by atoms with Crippen LogP contribution in [0.25, 0.3) is 5.57 Å². The lowest BCUT2D eigenvalue weighted by Gasteiger charge is -2.22. The van der Waals surface area contributed by atoms with Crippen molar-refractivity contribution in [3.63, 3.8) is 0 Å². The van der Waals surface area contributed by atoms with Crippen LogP contribution in [0.1, 0.15) is 16.7 Å². The molecule has 1 aliphatic heterocycles. The molecule has 130 valence electrons. The van der Waals surface area contributed by atoms with Gasteiger partial charge in [0.15, 0.2) is 0 Å². The van der Waals surface area contributed by atoms with Gasteiger partial charge in [-0.25, -0.2) is 0 Å². The predicted molar refractivity (Wildman–Crippen MR) is 90.4 cm³/mol. The third-order valence-electron chi connectivity index (χ3n) is 4.38. The molecule has 2 aromatic carbocycles. The van der Waals surface area contributed by atoms with E-state index < -0.39 is 17.8 Å². The second-order valence-electron chi connectivity index (χ2n) is 6.00. The molecule has 2 aromatic rings. The Morgan fingerprint density at radius 1 is 1.08 bits per heavy atom. The van der Waals surface area contributed by atoms with Gasteiger partial charge in [0.1, 0.15) is 11.6 Å². The molecular weight excluding hydrogens is 329 g/mol. The Balaban J connectivity index is 1.99. The number of halogens is 3. The summed E-state index contributed by atoms with van der Waals surface area (Å²) in [6.45, 7) is 0. The number of hydrogen-bond acceptors (Lipinski definition) is 2. The fourth-order valence-electron chi connectivity index (χ4n) is 3.01. The van der Waals surface area contributed by atoms with Crippen molar-refractivity contribution in [3.05, 3.63) is 77.0 Å². The van der Waals surface area contributed by atoms with Crippen molar-refractivity contribution in [2.24, 2.45) is 0 Å². The Hall–Kier alpha value is -2.76. The standard InChI is InChI=1S/C19H17F3N2O/c1-24-15(10-12-6-3-2-4-7-12)17(25)16(18(24)23)13-8-5-9-14(11-13)19(20,21)22/h2-9,11,15,23,25H,10H2,1H3. The highest BCUT2D eigenvalue weighted by Gasteiger charge is 2.36. The molecule has 2 N–H and O–H groups in total. The largest absolute Gasteiger partial charge is 0.509 e. The number of hydrogen-bond donors (Lipinski definition) is 2. The first-order valence-corrected chi connectivity index (χ1v) is 7.75. The predicted octanol–water partition coefficient (Wildman–Crippen LogP) is 4.51. The second kappa shape index (κ2) is 6.27. The Morgan fingerprint density at radius 2 is 1.76 bits per heavy atom. The van der Waals surface area contributed by atoms with Crippen molar-refractivity contribution in [2.45, 2.75) is 18.6 Å². The summed E-state index contributed by atoms with van der Waals surface area (Å²) in [7, 11) is 1.66. The van der Waals surface area contributed by atoms with Gasteiger partial charge in [0, 0.05) is 13.5 Å². The van der Waals surface area contributed by atoms with E-state index in [1.165, 1.54) is 12.1 Å². The highest BCUT2D eigenvalue weighted by Crippen LogP contribution is 2.35. The highest BCUT2D eigenvalue weighted by molar-refractivity contribution is 6.24. The normalized spacial score (nSPS) is 18.2. The fourth-order valence-corrected chi connectivity index (χ4v) is 3.01. The smallest absolute Gasteiger partial charge is 0.416 e. The van der Waals surface area contributed by atoms with E-state index in [1.807, 2.05) is 30.3 Å². The molecule has 25 heavy (non-hydrogen) atoms. The number of likely N-dealkylation sites (N-methyl/N-ethyl adjacent to an activating group) is 1. The molecule has 3 rings (SSSR count). The summed E-state index contributed by atoms with van der Waals surface area (Å²) in [4.78, 5) is 1.58. The maximum absolute atomic E-state index is 12.9. The minimum atomic E-state index is -4.47. The topological polar surface area (TPSA) is 47.3 Å². The number of benzene rings is 2. The molecule has 0 spiro atoms. The number of aliphatic hydroxyl groups is 1. The van der Waals surface area contributed by atoms with E-state index in [2.05, 4.69) is 0 Å². The summed E-state index contributed by atoms with van der Waals surface area (Å²) in [5.41, 5.74) is 0.519. The van der Waals surface area contributed by atoms with Gasteiger partial charge in [-0.2, -0.15) is 13.2 Å². The first kappa shape index (κ1) is 17.1. The van der Waals surface area contributed by atoms with Crippen LogP contribution in [0.3, 0.4) is 0 Å². The maximum Gasteiger partial charge on any atom is 0.416 e. The molecule has 1 heterocycles. The van der Waals surface area contributed by atoms with Crippen LogP contribution in [0.5, 0.6) is 0 Å². The molecule has 0 amide bonds. The average Bonchev–Trinajstić information content (AvgIpc) is 2.79. The number of amidine groups is 1. The maximum atomic E-state index is 12.9. The van der Waals surface area contributed by atoms with Gasteiger partial charge in [0.05, 0.1) is 17.2 Å². The lowest BCUT2D eigenvalue weighted by atomic mass is 9.99. The van der Waals surface area contributed by atoms with E-state index in [-0.39, 0.29) is 22.7 Å². The van der Waals surface area contributed by atoms with Crippen LogP contribution in [-0.2, 0) is 12.6 Å². The monoisotopic (exact) mass is 346 g/mol. The van der Waals surface area contributed by atoms with Crippen molar-refractivity contribution in [1.82, 2.24) is 4.90 Å². The lowest BCUT2D eigenvalue weighted by Crippen LogP contribution is -2.33. The van der Waals surface area contributed by atoms with Gasteiger partial charge in [0.2, 0.25) is 0 Å². The van der Waals surface area contributed by atoms with Crippen LogP contribution < -0.4 is 0 Å². The van der Waals surface area contributed by atoms with Crippen molar-refractivity contribution in [2.75, 3.05) is 7.05 Å². The molecule has 0 fully saturated rings. The molecule has 0 aromatic heterocycles. The van der Waals surface area contributed by atoms with Crippen LogP contribution in [0.4, 0.5) is 13.2 Å². The van der Waals surface area contributed by atoms with E-state index in [0.717, 1.165) is 17.7 Å². The van der Waals surface area contributed by atoms with Gasteiger partial charge in [0.25, 0.3) is 0 Å². The number of rotatable bonds is 3. The molecule has 6 heteroatoms. The molecule has 0 saturated heterocycles. The van der Waals surface area contributed by atoms with E-state index >= 15 is 0 Å². The van der Waals surface area contributed by atoms with E-state index in [9.17, 15) is 18.3 Å². The SMILES string of the molecule is CN1C(=N)C(c2cccc(C(F)(F)F)c2)=C(O)C1Cc1ccccc1. The first-order valence-electron chi connectivity index (χ1n) is 7.75. The molecular formula is C19H17F3N2O. The molecule has 0 saturated carbocycles. The summed E-state index contributed by atoms with van der Waals surface area (Å²) in [6, 6.07) is 13.7. The molecule has 3 nitrogen and oxygen atoms in total. The van der Waals surface area contributed by atoms with Gasteiger partial charge < -0.3 is 10.0 Å². The summed E-state index contributed by atoms with van der Waals surface area (Å²) in [5, 5.41) is 18.8. The molecule has 1 atom stereocenters. The molecule has 0 aliphatic carbocycles. The Kier molecular flexibility index (Phi) is 4.29. The highest BCUT2D eigenvalue weighted by atomic mass is 19.4. The minimum Gasteiger partial charge on any atom is -0.509 e. The summed E-state index contributed by atoms with van der Waals surface area (Å²) in [6.07, 6.45) is -4.00. The third kappa shape index (κ3) is 3.24. The summed E-state index contributed by atoms with van der Waals surface area (Å²) in [5.74, 6) is -0.0616. The quantitative estimate of drug-likeness (QED) is 0.859. The van der Waals surface area contributed by atoms with Crippen LogP contribution in [-0.4, -0.2) is 28.9 Å². The van der Waals surface area contributed by atoms with Gasteiger partial charge in [-0.05, 0) is 23.3 Å². The van der Waals surface area contributed by atoms with Crippen molar-refractivity contribution >= 4 is 11.4 Å². The number of aliphatic hydroxyl groups excluding tert-OH is 1. The molecule has 1 unspecified atom stereocenters. The molecule has 0 bridgehead atoms. The molecule has 0 radical (unpaired) electrons. The van der Waals surface area contributed by atoms with Crippen LogP contribution in [0.15, 0.2) is 60.4 Å². The average molecular weight is 346 g/mol. The van der Waals surface area contributed by atoms with Crippen LogP contribution in [0, 0.1) is 5.41 Å².